The molecule has 0 bridgehead atoms. The van der Waals surface area contributed by atoms with E-state index in [0.717, 1.165) is 10.6 Å². The van der Waals surface area contributed by atoms with E-state index in [2.05, 4.69) is 4.98 Å². The molecule has 1 aromatic heterocycles. The van der Waals surface area contributed by atoms with Crippen LogP contribution in [-0.4, -0.2) is 51.9 Å². The molecule has 0 aliphatic heterocycles. The number of aromatic nitrogens is 2. The summed E-state index contributed by atoms with van der Waals surface area (Å²) in [5.74, 6) is 0.459. The summed E-state index contributed by atoms with van der Waals surface area (Å²) in [5, 5.41) is 0. The largest absolute Gasteiger partial charge is 0.380 e. The molecule has 0 radical (unpaired) electrons. The van der Waals surface area contributed by atoms with E-state index in [1.807, 2.05) is 0 Å². The third-order valence-electron chi connectivity index (χ3n) is 2.80. The van der Waals surface area contributed by atoms with Crippen molar-refractivity contribution in [1.82, 2.24) is 9.55 Å². The van der Waals surface area contributed by atoms with Gasteiger partial charge in [0.05, 0.1) is 20.7 Å². The van der Waals surface area contributed by atoms with Crippen LogP contribution in [0.15, 0.2) is 33.7 Å². The molecule has 0 spiro atoms. The zero-order chi connectivity index (χ0) is 19.9. The monoisotopic (exact) mass is 379 g/mol. The number of ether oxygens (including phenoxy) is 3. The lowest BCUT2D eigenvalue weighted by atomic mass is 10.3. The second kappa shape index (κ2) is 9.81. The molecule has 25 heavy (non-hydrogen) atoms. The number of nitrogens with one attached hydrogen (secondary N) is 1. The van der Waals surface area contributed by atoms with Crippen LogP contribution in [0.3, 0.4) is 0 Å². The van der Waals surface area contributed by atoms with E-state index in [0.29, 0.717) is 5.82 Å². The van der Waals surface area contributed by atoms with E-state index in [1.165, 1.54) is 13.3 Å². The normalized spacial score (nSPS) is 15.9. The Bertz CT molecular complexity index is 769. The van der Waals surface area contributed by atoms with Crippen LogP contribution in [0.5, 0.6) is 0 Å². The Morgan fingerprint density at radius 2 is 2.08 bits per heavy atom. The van der Waals surface area contributed by atoms with Crippen LogP contribution in [0, 0.1) is 0 Å². The van der Waals surface area contributed by atoms with Crippen molar-refractivity contribution in [3.63, 3.8) is 0 Å². The van der Waals surface area contributed by atoms with Crippen molar-refractivity contribution in [2.45, 2.75) is 32.3 Å². The molecular weight excluding hydrogens is 355 g/mol. The molecule has 0 aromatic carbocycles. The van der Waals surface area contributed by atoms with E-state index in [-0.39, 0.29) is 19.3 Å². The molecule has 142 valence electrons. The van der Waals surface area contributed by atoms with Gasteiger partial charge in [0.1, 0.15) is 6.10 Å². The molecule has 0 amide bonds. The van der Waals surface area contributed by atoms with Crippen molar-refractivity contribution in [2.75, 3.05) is 20.3 Å². The fourth-order valence-electron chi connectivity index (χ4n) is 1.76. The Morgan fingerprint density at radius 3 is 2.60 bits per heavy atom. The fourth-order valence-corrected chi connectivity index (χ4v) is 2.12. The number of methoxy groups -OCH3 is 1. The number of H-pyrrole nitrogens is 1. The Morgan fingerprint density at radius 1 is 1.40 bits per heavy atom. The molecule has 3 N–H and O–H groups in total. The number of rotatable bonds is 10. The van der Waals surface area contributed by atoms with Crippen molar-refractivity contribution >= 4 is 7.60 Å². The minimum atomic E-state index is -4.60. The highest BCUT2D eigenvalue weighted by Gasteiger charge is 2.20. The summed E-state index contributed by atoms with van der Waals surface area (Å²) in [4.78, 5) is 43.3. The lowest BCUT2D eigenvalue weighted by molar-refractivity contribution is -0.102. The van der Waals surface area contributed by atoms with Gasteiger partial charge in [-0.25, -0.2) is 4.79 Å². The third kappa shape index (κ3) is 8.39. The molecular formula is C14H23N2O8P. The maximum Gasteiger partial charge on any atom is 0.348 e. The molecule has 0 aliphatic rings. The summed E-state index contributed by atoms with van der Waals surface area (Å²) >= 11 is 0. The van der Waals surface area contributed by atoms with E-state index >= 15 is 0 Å². The standard InChI is InChI=1S/C14H23N2O8P/c1-10(2)23-8-11(5-7-25(19,20)21)24-13(9-22-3)16-6-4-12(17)15-14(16)18/h4-7,10-11,13H,8-9H2,1-3H3,(H,15,17,18)(H2,19,20,21)/b7-5+/t11-,13-/m1/s1/i5D. The average Bonchev–Trinajstić information content (AvgIpc) is 2.48. The first-order chi connectivity index (χ1) is 12.0. The molecule has 1 rings (SSSR count). The molecule has 1 aromatic rings. The number of aromatic amines is 1. The van der Waals surface area contributed by atoms with Gasteiger partial charge in [-0.2, -0.15) is 0 Å². The summed E-state index contributed by atoms with van der Waals surface area (Å²) in [7, 11) is -3.24. The van der Waals surface area contributed by atoms with Gasteiger partial charge in [0.15, 0.2) is 6.23 Å². The van der Waals surface area contributed by atoms with Crippen molar-refractivity contribution in [3.8, 4) is 0 Å². The Hall–Kier alpha value is -1.55. The maximum atomic E-state index is 12.0. The quantitative estimate of drug-likeness (QED) is 0.489. The van der Waals surface area contributed by atoms with Crippen molar-refractivity contribution in [2.24, 2.45) is 0 Å². The van der Waals surface area contributed by atoms with Gasteiger partial charge in [0.25, 0.3) is 5.56 Å². The van der Waals surface area contributed by atoms with E-state index in [1.54, 1.807) is 13.8 Å². The minimum Gasteiger partial charge on any atom is -0.380 e. The van der Waals surface area contributed by atoms with Gasteiger partial charge in [0, 0.05) is 25.2 Å². The molecule has 0 aliphatic carbocycles. The first-order valence-corrected chi connectivity index (χ1v) is 9.03. The Balaban J connectivity index is 3.17. The molecule has 0 saturated carbocycles. The molecule has 0 saturated heterocycles. The van der Waals surface area contributed by atoms with Gasteiger partial charge in [-0.1, -0.05) is 0 Å². The van der Waals surface area contributed by atoms with Gasteiger partial charge in [-0.15, -0.1) is 0 Å². The second-order valence-electron chi connectivity index (χ2n) is 5.32. The fraction of sp³-hybridized carbons (Fsp3) is 0.571. The van der Waals surface area contributed by atoms with Crippen LogP contribution in [0.1, 0.15) is 21.4 Å². The number of hydrogen-bond donors (Lipinski definition) is 3. The van der Waals surface area contributed by atoms with Gasteiger partial charge >= 0.3 is 13.3 Å². The Kier molecular flexibility index (Phi) is 7.76. The van der Waals surface area contributed by atoms with Crippen LogP contribution in [0.4, 0.5) is 0 Å². The first-order valence-electron chi connectivity index (χ1n) is 7.85. The summed E-state index contributed by atoms with van der Waals surface area (Å²) in [6, 6.07) is 0.609. The van der Waals surface area contributed by atoms with Crippen molar-refractivity contribution < 1.29 is 29.9 Å². The number of hydrogen-bond acceptors (Lipinski definition) is 6. The van der Waals surface area contributed by atoms with Crippen molar-refractivity contribution in [3.05, 3.63) is 45.0 Å². The molecule has 11 heteroatoms. The molecule has 10 nitrogen and oxygen atoms in total. The topological polar surface area (TPSA) is 140 Å². The highest BCUT2D eigenvalue weighted by atomic mass is 31.2. The lowest BCUT2D eigenvalue weighted by Gasteiger charge is -2.24. The SMILES string of the molecule is [2H]/C(=C\P(=O)(O)O)[C@H](COC(C)C)O[C@H](COC)n1ccc(=O)[nH]c1=O. The highest BCUT2D eigenvalue weighted by Crippen LogP contribution is 2.36. The van der Waals surface area contributed by atoms with Crippen molar-refractivity contribution in [1.29, 1.82) is 0 Å². The van der Waals surface area contributed by atoms with Gasteiger partial charge in [0.2, 0.25) is 0 Å². The molecule has 0 unspecified atom stereocenters. The van der Waals surface area contributed by atoms with Gasteiger partial charge < -0.3 is 24.0 Å². The van der Waals surface area contributed by atoms with Crippen LogP contribution in [-0.2, 0) is 18.8 Å². The first kappa shape index (κ1) is 19.8. The predicted octanol–water partition coefficient (Wildman–Crippen LogP) is 0.183. The maximum absolute atomic E-state index is 12.0. The zero-order valence-electron chi connectivity index (χ0n) is 15.1. The molecule has 1 heterocycles. The highest BCUT2D eigenvalue weighted by molar-refractivity contribution is 7.55. The minimum absolute atomic E-state index is 0.118. The average molecular weight is 379 g/mol. The number of nitrogens with zero attached hydrogens (tertiary/aromatic N) is 1. The smallest absolute Gasteiger partial charge is 0.348 e. The van der Waals surface area contributed by atoms with Crippen LogP contribution >= 0.6 is 7.60 Å². The predicted molar refractivity (Wildman–Crippen MR) is 89.4 cm³/mol. The lowest BCUT2D eigenvalue weighted by Crippen LogP contribution is -2.36. The zero-order valence-corrected chi connectivity index (χ0v) is 15.0. The summed E-state index contributed by atoms with van der Waals surface area (Å²) in [6.45, 7) is 3.19. The van der Waals surface area contributed by atoms with E-state index in [9.17, 15) is 14.2 Å². The second-order valence-corrected chi connectivity index (χ2v) is 6.76. The third-order valence-corrected chi connectivity index (χ3v) is 3.29. The molecule has 0 fully saturated rings. The van der Waals surface area contributed by atoms with Crippen LogP contribution in [0.2, 0.25) is 0 Å². The van der Waals surface area contributed by atoms with Gasteiger partial charge in [-0.3, -0.25) is 18.9 Å². The van der Waals surface area contributed by atoms with Gasteiger partial charge in [-0.05, 0) is 19.9 Å². The van der Waals surface area contributed by atoms with Crippen LogP contribution < -0.4 is 11.2 Å². The summed E-state index contributed by atoms with van der Waals surface area (Å²) < 4.78 is 36.1. The Labute approximate surface area is 145 Å². The summed E-state index contributed by atoms with van der Waals surface area (Å²) in [6.07, 6.45) is -1.26. The van der Waals surface area contributed by atoms with E-state index in [4.69, 9.17) is 25.4 Å². The molecule has 2 atom stereocenters. The summed E-state index contributed by atoms with van der Waals surface area (Å²) in [5.41, 5.74) is -1.35. The van der Waals surface area contributed by atoms with E-state index < -0.39 is 37.2 Å². The van der Waals surface area contributed by atoms with Crippen LogP contribution in [0.25, 0.3) is 0 Å².